The smallest absolute Gasteiger partial charge is 0.116 e. The highest BCUT2D eigenvalue weighted by Gasteiger charge is 2.60. The molecular weight excluding hydrogens is 290 g/mol. The van der Waals surface area contributed by atoms with Crippen LogP contribution in [0.3, 0.4) is 0 Å². The molecule has 0 amide bonds. The first-order valence-corrected chi connectivity index (χ1v) is 14.0. The molecule has 0 N–H and O–H groups in total. The highest BCUT2D eigenvalue weighted by Crippen LogP contribution is 2.54. The number of hydrogen-bond acceptors (Lipinski definition) is 1. The Kier molecular flexibility index (Phi) is 4.07. The third kappa shape index (κ3) is 2.09. The van der Waals surface area contributed by atoms with Crippen molar-refractivity contribution in [1.82, 2.24) is 0 Å². The van der Waals surface area contributed by atoms with Crippen molar-refractivity contribution in [1.29, 1.82) is 0 Å². The Morgan fingerprint density at radius 1 is 1.05 bits per heavy atom. The number of azide groups is 1. The first-order chi connectivity index (χ1) is 9.61. The molecule has 21 heavy (non-hydrogen) atoms. The zero-order valence-electron chi connectivity index (χ0n) is 14.7. The molecule has 0 bridgehead atoms. The average Bonchev–Trinajstić information content (AvgIpc) is 2.62. The van der Waals surface area contributed by atoms with Gasteiger partial charge in [-0.2, -0.15) is 0 Å². The molecule has 0 unspecified atom stereocenters. The molecule has 1 fully saturated rings. The molecule has 3 nitrogen and oxygen atoms in total. The summed E-state index contributed by atoms with van der Waals surface area (Å²) in [5, 5.41) is 3.24. The summed E-state index contributed by atoms with van der Waals surface area (Å²) in [5.74, 6) is 0. The van der Waals surface area contributed by atoms with Gasteiger partial charge in [0.05, 0.1) is 7.59 Å². The van der Waals surface area contributed by atoms with E-state index in [0.717, 1.165) is 0 Å². The monoisotopic (exact) mass is 319 g/mol. The topological polar surface area (TPSA) is 48.8 Å². The third-order valence-corrected chi connectivity index (χ3v) is 25.4. The van der Waals surface area contributed by atoms with Crippen LogP contribution < -0.4 is 0 Å². The summed E-state index contributed by atoms with van der Waals surface area (Å²) in [6.45, 7) is 16.5. The van der Waals surface area contributed by atoms with Gasteiger partial charge >= 0.3 is 0 Å². The van der Waals surface area contributed by atoms with Gasteiger partial charge in [0.1, 0.15) is 0 Å². The Morgan fingerprint density at radius 2 is 1.48 bits per heavy atom. The fourth-order valence-electron chi connectivity index (χ4n) is 4.27. The van der Waals surface area contributed by atoms with Crippen LogP contribution in [0.4, 0.5) is 0 Å². The fourth-order valence-corrected chi connectivity index (χ4v) is 20.6. The summed E-state index contributed by atoms with van der Waals surface area (Å²) in [6.07, 6.45) is 4.98. The Morgan fingerprint density at radius 3 is 1.81 bits per heavy atom. The molecule has 2 rings (SSSR count). The van der Waals surface area contributed by atoms with Crippen LogP contribution in [-0.2, 0) is 0 Å². The van der Waals surface area contributed by atoms with Gasteiger partial charge in [-0.1, -0.05) is 44.3 Å². The molecular formula is C16H29N3Si2. The molecule has 1 aliphatic heterocycles. The van der Waals surface area contributed by atoms with Gasteiger partial charge < -0.3 is 0 Å². The van der Waals surface area contributed by atoms with Crippen LogP contribution in [0.25, 0.3) is 10.4 Å². The zero-order chi connectivity index (χ0) is 16.1. The Bertz CT molecular complexity index is 545. The minimum Gasteiger partial charge on any atom is -0.116 e. The van der Waals surface area contributed by atoms with Crippen molar-refractivity contribution in [2.45, 2.75) is 78.4 Å². The van der Waals surface area contributed by atoms with Crippen molar-refractivity contribution in [3.63, 3.8) is 0 Å². The van der Waals surface area contributed by atoms with Crippen molar-refractivity contribution < 1.29 is 0 Å². The van der Waals surface area contributed by atoms with Gasteiger partial charge in [0, 0.05) is 0 Å². The summed E-state index contributed by atoms with van der Waals surface area (Å²) in [6, 6.07) is 0. The van der Waals surface area contributed by atoms with Crippen LogP contribution in [0.5, 0.6) is 0 Å². The molecule has 0 spiro atoms. The van der Waals surface area contributed by atoms with Crippen LogP contribution >= 0.6 is 0 Å². The summed E-state index contributed by atoms with van der Waals surface area (Å²) >= 11 is 0. The van der Waals surface area contributed by atoms with Crippen molar-refractivity contribution in [3.8, 4) is 0 Å². The summed E-state index contributed by atoms with van der Waals surface area (Å²) in [7, 11) is -3.98. The van der Waals surface area contributed by atoms with Crippen LogP contribution in [0, 0.1) is 0 Å². The minimum absolute atomic E-state index is 0.241. The number of hydrogen-bond donors (Lipinski definition) is 0. The average molecular weight is 320 g/mol. The largest absolute Gasteiger partial charge is 0.200 e. The molecule has 5 heteroatoms. The lowest BCUT2D eigenvalue weighted by atomic mass is 9.89. The number of rotatable bonds is 2. The molecule has 0 atom stereocenters. The molecule has 2 aliphatic rings. The molecule has 0 radical (unpaired) electrons. The quantitative estimate of drug-likeness (QED) is 0.254. The van der Waals surface area contributed by atoms with Gasteiger partial charge in [0.25, 0.3) is 0 Å². The summed E-state index contributed by atoms with van der Waals surface area (Å²) in [5.41, 5.74) is 12.5. The highest BCUT2D eigenvalue weighted by molar-refractivity contribution is 7.47. The lowest BCUT2D eigenvalue weighted by Gasteiger charge is -2.48. The third-order valence-electron chi connectivity index (χ3n) is 6.43. The van der Waals surface area contributed by atoms with Gasteiger partial charge in [-0.3, -0.25) is 0 Å². The zero-order valence-corrected chi connectivity index (χ0v) is 16.7. The van der Waals surface area contributed by atoms with E-state index in [4.69, 9.17) is 0 Å². The number of allylic oxidation sites excluding steroid dienone is 4. The maximum atomic E-state index is 9.36. The van der Waals surface area contributed by atoms with Crippen LogP contribution in [-0.4, -0.2) is 15.3 Å². The van der Waals surface area contributed by atoms with Crippen LogP contribution in [0.1, 0.15) is 60.3 Å². The minimum atomic E-state index is -2.22. The van der Waals surface area contributed by atoms with Gasteiger partial charge in [0.2, 0.25) is 0 Å². The number of fused-ring (bicyclic) bond motifs is 1. The van der Waals surface area contributed by atoms with Gasteiger partial charge in [0.15, 0.2) is 7.75 Å². The summed E-state index contributed by atoms with van der Waals surface area (Å²) in [4.78, 5) is 3.38. The number of nitrogens with zero attached hydrogens (tertiary/aromatic N) is 3. The van der Waals surface area contributed by atoms with Crippen molar-refractivity contribution in [2.75, 3.05) is 0 Å². The maximum absolute atomic E-state index is 9.36. The molecule has 1 heterocycles. The SMILES string of the molecule is CC1=C2CCCCC2=C(C)[Si]1(N=[N+]=[N-])[Si](C)(C)C(C)(C)C. The standard InChI is InChI=1S/C16H29N3Si2/c1-12-14-10-8-9-11-15(14)13(2)21(12,19-18-17)20(6,7)16(3,4)5/h8-11H2,1-7H3. The van der Waals surface area contributed by atoms with Crippen LogP contribution in [0.2, 0.25) is 18.1 Å². The van der Waals surface area contributed by atoms with E-state index in [9.17, 15) is 5.53 Å². The Hall–Kier alpha value is -0.776. The maximum Gasteiger partial charge on any atom is 0.200 e. The molecule has 0 aromatic heterocycles. The normalized spacial score (nSPS) is 22.2. The fraction of sp³-hybridized carbons (Fsp3) is 0.750. The van der Waals surface area contributed by atoms with E-state index in [2.05, 4.69) is 57.4 Å². The molecule has 0 aromatic rings. The first kappa shape index (κ1) is 16.6. The molecule has 0 aromatic carbocycles. The second kappa shape index (κ2) is 5.15. The molecule has 1 aliphatic carbocycles. The lowest BCUT2D eigenvalue weighted by molar-refractivity contribution is 0.677. The Balaban J connectivity index is 2.79. The van der Waals surface area contributed by atoms with E-state index >= 15 is 0 Å². The highest BCUT2D eigenvalue weighted by atomic mass is 29.3. The molecule has 116 valence electrons. The van der Waals surface area contributed by atoms with Crippen molar-refractivity contribution >= 4 is 15.3 Å². The van der Waals surface area contributed by atoms with Gasteiger partial charge in [-0.05, 0) is 66.2 Å². The van der Waals surface area contributed by atoms with E-state index in [1.165, 1.54) is 36.1 Å². The Labute approximate surface area is 131 Å². The van der Waals surface area contributed by atoms with E-state index in [1.807, 2.05) is 0 Å². The second-order valence-electron chi connectivity index (χ2n) is 8.19. The molecule has 0 saturated heterocycles. The van der Waals surface area contributed by atoms with Gasteiger partial charge in [-0.15, -0.1) is 4.78 Å². The van der Waals surface area contributed by atoms with E-state index in [0.29, 0.717) is 0 Å². The van der Waals surface area contributed by atoms with Crippen LogP contribution in [0.15, 0.2) is 26.3 Å². The predicted octanol–water partition coefficient (Wildman–Crippen LogP) is 6.13. The second-order valence-corrected chi connectivity index (χ2v) is 22.0. The van der Waals surface area contributed by atoms with Crippen molar-refractivity contribution in [3.05, 3.63) is 32.0 Å². The van der Waals surface area contributed by atoms with E-state index < -0.39 is 15.3 Å². The van der Waals surface area contributed by atoms with E-state index in [1.54, 1.807) is 11.1 Å². The molecule has 1 saturated carbocycles. The lowest BCUT2D eigenvalue weighted by Crippen LogP contribution is -2.64. The summed E-state index contributed by atoms with van der Waals surface area (Å²) < 4.78 is 4.64. The van der Waals surface area contributed by atoms with Gasteiger partial charge in [-0.25, -0.2) is 0 Å². The van der Waals surface area contributed by atoms with Crippen molar-refractivity contribution in [2.24, 2.45) is 4.78 Å². The van der Waals surface area contributed by atoms with E-state index in [-0.39, 0.29) is 5.04 Å². The first-order valence-electron chi connectivity index (χ1n) is 8.08. The predicted molar refractivity (Wildman–Crippen MR) is 96.0 cm³/mol.